The summed E-state index contributed by atoms with van der Waals surface area (Å²) in [5.74, 6) is 0.431. The second-order valence-electron chi connectivity index (χ2n) is 13.1. The van der Waals surface area contributed by atoms with Gasteiger partial charge in [0.25, 0.3) is 0 Å². The highest BCUT2D eigenvalue weighted by Crippen LogP contribution is 2.53. The van der Waals surface area contributed by atoms with E-state index in [4.69, 9.17) is 0 Å². The van der Waals surface area contributed by atoms with Crippen LogP contribution in [0.2, 0.25) is 0 Å². The summed E-state index contributed by atoms with van der Waals surface area (Å²) >= 11 is 0. The van der Waals surface area contributed by atoms with E-state index < -0.39 is 0 Å². The fourth-order valence-corrected chi connectivity index (χ4v) is 8.89. The van der Waals surface area contributed by atoms with E-state index >= 15 is 0 Å². The number of fused-ring (bicyclic) bond motifs is 8. The lowest BCUT2D eigenvalue weighted by Crippen LogP contribution is -2.37. The van der Waals surface area contributed by atoms with Crippen LogP contribution in [0.5, 0.6) is 0 Å². The van der Waals surface area contributed by atoms with Crippen LogP contribution in [0, 0.1) is 5.92 Å². The van der Waals surface area contributed by atoms with Gasteiger partial charge in [0.1, 0.15) is 0 Å². The second-order valence-corrected chi connectivity index (χ2v) is 13.1. The number of para-hydroxylation sites is 1. The van der Waals surface area contributed by atoms with Crippen LogP contribution in [-0.4, -0.2) is 21.6 Å². The van der Waals surface area contributed by atoms with Crippen LogP contribution in [-0.2, 0) is 11.8 Å². The zero-order valence-corrected chi connectivity index (χ0v) is 23.9. The number of aromatic nitrogens is 1. The second kappa shape index (κ2) is 8.49. The molecule has 2 heteroatoms. The van der Waals surface area contributed by atoms with Gasteiger partial charge in [-0.05, 0) is 77.3 Å². The smallest absolute Gasteiger partial charge is 0.0583 e. The van der Waals surface area contributed by atoms with Crippen molar-refractivity contribution in [1.29, 1.82) is 0 Å². The van der Waals surface area contributed by atoms with Crippen molar-refractivity contribution < 1.29 is 0 Å². The SMILES string of the molecule is CC1(C)C2=C(C=CC(n3c4c(c5ccccc53)CC3C(=C4)C4C=CC=CC4N3C3=CCCC=C3)C2)c2ccccc21. The largest absolute Gasteiger partial charge is 0.357 e. The highest BCUT2D eigenvalue weighted by atomic mass is 15.2. The molecule has 0 amide bonds. The first-order valence-electron chi connectivity index (χ1n) is 15.5. The number of allylic oxidation sites excluding steroid dienone is 9. The van der Waals surface area contributed by atoms with Gasteiger partial charge in [0.05, 0.1) is 18.1 Å². The van der Waals surface area contributed by atoms with Gasteiger partial charge < -0.3 is 9.47 Å². The Kier molecular flexibility index (Phi) is 4.89. The highest BCUT2D eigenvalue weighted by Gasteiger charge is 2.47. The molecule has 4 atom stereocenters. The molecule has 1 fully saturated rings. The molecule has 4 unspecified atom stereocenters. The summed E-state index contributed by atoms with van der Waals surface area (Å²) < 4.78 is 2.69. The van der Waals surface area contributed by atoms with Crippen molar-refractivity contribution in [2.75, 3.05) is 0 Å². The number of hydrogen-bond donors (Lipinski definition) is 0. The van der Waals surface area contributed by atoms with Crippen LogP contribution in [0.1, 0.15) is 61.5 Å². The molecule has 41 heavy (non-hydrogen) atoms. The Balaban J connectivity index is 1.18. The number of benzene rings is 2. The predicted molar refractivity (Wildman–Crippen MR) is 170 cm³/mol. The maximum Gasteiger partial charge on any atom is 0.0583 e. The van der Waals surface area contributed by atoms with E-state index in [0.29, 0.717) is 24.0 Å². The fourth-order valence-electron chi connectivity index (χ4n) is 8.89. The van der Waals surface area contributed by atoms with Crippen LogP contribution in [0.3, 0.4) is 0 Å². The van der Waals surface area contributed by atoms with E-state index in [1.807, 2.05) is 0 Å². The van der Waals surface area contributed by atoms with Gasteiger partial charge in [-0.2, -0.15) is 0 Å². The zero-order valence-electron chi connectivity index (χ0n) is 23.9. The Hall–Kier alpha value is -4.04. The Bertz CT molecular complexity index is 1840. The molecule has 2 nitrogen and oxygen atoms in total. The quantitative estimate of drug-likeness (QED) is 0.320. The molecule has 2 aromatic carbocycles. The molecule has 3 aromatic rings. The minimum Gasteiger partial charge on any atom is -0.357 e. The number of rotatable bonds is 2. The molecule has 5 aliphatic carbocycles. The van der Waals surface area contributed by atoms with E-state index in [2.05, 4.69) is 133 Å². The van der Waals surface area contributed by atoms with Gasteiger partial charge >= 0.3 is 0 Å². The van der Waals surface area contributed by atoms with Gasteiger partial charge in [0.15, 0.2) is 0 Å². The van der Waals surface area contributed by atoms with Crippen molar-refractivity contribution in [1.82, 2.24) is 9.47 Å². The molecular formula is C39H36N2. The van der Waals surface area contributed by atoms with Crippen LogP contribution >= 0.6 is 0 Å². The average molecular weight is 533 g/mol. The van der Waals surface area contributed by atoms with Crippen LogP contribution in [0.15, 0.2) is 120 Å². The first kappa shape index (κ1) is 23.6. The molecule has 2 heterocycles. The van der Waals surface area contributed by atoms with Crippen LogP contribution in [0.4, 0.5) is 0 Å². The Morgan fingerprint density at radius 3 is 2.61 bits per heavy atom. The summed E-state index contributed by atoms with van der Waals surface area (Å²) in [7, 11) is 0. The van der Waals surface area contributed by atoms with E-state index in [-0.39, 0.29) is 5.41 Å². The number of hydrogen-bond acceptors (Lipinski definition) is 1. The molecule has 9 rings (SSSR count). The van der Waals surface area contributed by atoms with Crippen LogP contribution in [0.25, 0.3) is 22.6 Å². The lowest BCUT2D eigenvalue weighted by Gasteiger charge is -2.35. The number of likely N-dealkylation sites (tertiary alicyclic amines) is 1. The summed E-state index contributed by atoms with van der Waals surface area (Å²) in [6.07, 6.45) is 28.5. The summed E-state index contributed by atoms with van der Waals surface area (Å²) in [5.41, 5.74) is 13.3. The summed E-state index contributed by atoms with van der Waals surface area (Å²) in [4.78, 5) is 2.73. The number of nitrogens with zero attached hydrogens (tertiary/aromatic N) is 2. The van der Waals surface area contributed by atoms with Crippen molar-refractivity contribution in [3.05, 3.63) is 142 Å². The van der Waals surface area contributed by atoms with E-state index in [0.717, 1.165) is 25.7 Å². The van der Waals surface area contributed by atoms with Gasteiger partial charge in [-0.1, -0.05) is 105 Å². The van der Waals surface area contributed by atoms with Crippen LogP contribution < -0.4 is 0 Å². The van der Waals surface area contributed by atoms with Crippen molar-refractivity contribution in [2.24, 2.45) is 5.92 Å². The van der Waals surface area contributed by atoms with Gasteiger partial charge in [-0.25, -0.2) is 0 Å². The molecule has 0 saturated carbocycles. The first-order chi connectivity index (χ1) is 20.1. The van der Waals surface area contributed by atoms with Gasteiger partial charge in [0, 0.05) is 33.6 Å². The summed E-state index contributed by atoms with van der Waals surface area (Å²) in [5, 5.41) is 1.43. The minimum atomic E-state index is 0.0567. The molecule has 0 radical (unpaired) electrons. The zero-order chi connectivity index (χ0) is 27.3. The highest BCUT2D eigenvalue weighted by molar-refractivity contribution is 5.91. The molecule has 1 aliphatic heterocycles. The van der Waals surface area contributed by atoms with E-state index in [9.17, 15) is 0 Å². The molecular weight excluding hydrogens is 496 g/mol. The fraction of sp³-hybridized carbons (Fsp3) is 0.282. The third kappa shape index (κ3) is 3.19. The molecule has 6 aliphatic rings. The third-order valence-electron chi connectivity index (χ3n) is 10.8. The molecule has 1 aromatic heterocycles. The maximum absolute atomic E-state index is 2.73. The monoisotopic (exact) mass is 532 g/mol. The standard InChI is InChI=1S/C39H36N2/c1-39(2)33-17-9-6-14-27(33)28-21-20-26(22-34(28)39)41-36-19-11-8-16-30(36)32-23-37-31(24-38(32)41)29-15-7-10-18-35(29)40(37)25-12-4-3-5-13-25/h4,6-21,24,26,29,35,37H,3,5,22-23H2,1-2H3. The molecule has 1 saturated heterocycles. The van der Waals surface area contributed by atoms with Crippen molar-refractivity contribution in [3.63, 3.8) is 0 Å². The molecule has 0 N–H and O–H groups in total. The van der Waals surface area contributed by atoms with E-state index in [1.54, 1.807) is 11.1 Å². The Labute approximate surface area is 243 Å². The summed E-state index contributed by atoms with van der Waals surface area (Å²) in [6.45, 7) is 4.84. The van der Waals surface area contributed by atoms with Gasteiger partial charge in [-0.3, -0.25) is 0 Å². The molecule has 202 valence electrons. The lowest BCUT2D eigenvalue weighted by molar-refractivity contribution is 0.286. The van der Waals surface area contributed by atoms with Gasteiger partial charge in [0.2, 0.25) is 0 Å². The van der Waals surface area contributed by atoms with Crippen molar-refractivity contribution >= 4 is 22.6 Å². The third-order valence-corrected chi connectivity index (χ3v) is 10.8. The van der Waals surface area contributed by atoms with E-state index in [1.165, 1.54) is 44.6 Å². The molecule has 0 spiro atoms. The minimum absolute atomic E-state index is 0.0567. The maximum atomic E-state index is 2.73. The van der Waals surface area contributed by atoms with Crippen molar-refractivity contribution in [2.45, 2.75) is 63.1 Å². The topological polar surface area (TPSA) is 8.17 Å². The first-order valence-corrected chi connectivity index (χ1v) is 15.5. The Morgan fingerprint density at radius 1 is 0.854 bits per heavy atom. The average Bonchev–Trinajstić information content (AvgIpc) is 3.60. The lowest BCUT2D eigenvalue weighted by atomic mass is 9.77. The summed E-state index contributed by atoms with van der Waals surface area (Å²) in [6, 6.07) is 19.3. The van der Waals surface area contributed by atoms with Crippen molar-refractivity contribution in [3.8, 4) is 0 Å². The normalized spacial score (nSPS) is 28.3. The predicted octanol–water partition coefficient (Wildman–Crippen LogP) is 8.86. The Morgan fingerprint density at radius 2 is 1.71 bits per heavy atom. The van der Waals surface area contributed by atoms with Gasteiger partial charge in [-0.15, -0.1) is 0 Å². The molecule has 0 bridgehead atoms.